The Hall–Kier alpha value is -1.82. The Morgan fingerprint density at radius 3 is 2.53 bits per heavy atom. The zero-order valence-corrected chi connectivity index (χ0v) is 11.4. The maximum atomic E-state index is 6.44. The molecule has 3 rings (SSSR count). The van der Waals surface area contributed by atoms with Crippen LogP contribution in [0.3, 0.4) is 0 Å². The molecule has 2 N–H and O–H groups in total. The molecule has 1 aliphatic carbocycles. The number of fused-ring (bicyclic) bond motifs is 1. The van der Waals surface area contributed by atoms with E-state index in [-0.39, 0.29) is 5.54 Å². The molecule has 0 aliphatic heterocycles. The molecule has 0 spiro atoms. The van der Waals surface area contributed by atoms with Crippen LogP contribution in [0.4, 0.5) is 0 Å². The molecule has 0 bridgehead atoms. The molecule has 6 heteroatoms. The summed E-state index contributed by atoms with van der Waals surface area (Å²) in [6, 6.07) is 0.303. The second-order valence-electron chi connectivity index (χ2n) is 5.08. The molecule has 0 atom stereocenters. The van der Waals surface area contributed by atoms with Crippen molar-refractivity contribution in [3.05, 3.63) is 11.8 Å². The lowest BCUT2D eigenvalue weighted by molar-refractivity contribution is 0.255. The molecular formula is C13H18N4O2. The summed E-state index contributed by atoms with van der Waals surface area (Å²) in [4.78, 5) is 8.65. The molecule has 102 valence electrons. The SMILES string of the molecule is COc1nc(OC)c2c(C3(N)CCC3)cn(C)c2n1. The molecule has 19 heavy (non-hydrogen) atoms. The Balaban J connectivity index is 2.30. The van der Waals surface area contributed by atoms with Crippen LogP contribution in [0.5, 0.6) is 11.9 Å². The predicted octanol–water partition coefficient (Wildman–Crippen LogP) is 1.32. The highest BCUT2D eigenvalue weighted by molar-refractivity contribution is 5.87. The first-order valence-electron chi connectivity index (χ1n) is 6.33. The monoisotopic (exact) mass is 262 g/mol. The van der Waals surface area contributed by atoms with Gasteiger partial charge in [0.15, 0.2) is 5.65 Å². The highest BCUT2D eigenvalue weighted by atomic mass is 16.5. The average Bonchev–Trinajstić information content (AvgIpc) is 2.73. The Morgan fingerprint density at radius 2 is 2.00 bits per heavy atom. The number of aromatic nitrogens is 3. The summed E-state index contributed by atoms with van der Waals surface area (Å²) in [7, 11) is 5.09. The van der Waals surface area contributed by atoms with Crippen LogP contribution < -0.4 is 15.2 Å². The number of nitrogens with two attached hydrogens (primary N) is 1. The fraction of sp³-hybridized carbons (Fsp3) is 0.538. The third kappa shape index (κ3) is 1.67. The van der Waals surface area contributed by atoms with Crippen LogP contribution in [-0.4, -0.2) is 28.8 Å². The van der Waals surface area contributed by atoms with Gasteiger partial charge in [0.1, 0.15) is 0 Å². The number of hydrogen-bond donors (Lipinski definition) is 1. The topological polar surface area (TPSA) is 75.2 Å². The number of nitrogens with zero attached hydrogens (tertiary/aromatic N) is 3. The van der Waals surface area contributed by atoms with Crippen molar-refractivity contribution in [2.45, 2.75) is 24.8 Å². The quantitative estimate of drug-likeness (QED) is 0.903. The van der Waals surface area contributed by atoms with E-state index in [0.717, 1.165) is 35.9 Å². The number of hydrogen-bond acceptors (Lipinski definition) is 5. The summed E-state index contributed by atoms with van der Waals surface area (Å²) in [5.41, 5.74) is 8.02. The van der Waals surface area contributed by atoms with Gasteiger partial charge in [0.25, 0.3) is 0 Å². The van der Waals surface area contributed by atoms with E-state index in [1.54, 1.807) is 14.2 Å². The van der Waals surface area contributed by atoms with E-state index in [1.807, 2.05) is 17.8 Å². The molecule has 0 radical (unpaired) electrons. The van der Waals surface area contributed by atoms with E-state index < -0.39 is 0 Å². The molecule has 0 aromatic carbocycles. The molecule has 0 unspecified atom stereocenters. The van der Waals surface area contributed by atoms with Crippen LogP contribution in [0.2, 0.25) is 0 Å². The van der Waals surface area contributed by atoms with Crippen molar-refractivity contribution in [1.29, 1.82) is 0 Å². The van der Waals surface area contributed by atoms with E-state index in [4.69, 9.17) is 15.2 Å². The van der Waals surface area contributed by atoms with Gasteiger partial charge in [0.05, 0.1) is 19.6 Å². The summed E-state index contributed by atoms with van der Waals surface area (Å²) in [5.74, 6) is 0.522. The van der Waals surface area contributed by atoms with Gasteiger partial charge in [0.2, 0.25) is 5.88 Å². The van der Waals surface area contributed by atoms with Crippen molar-refractivity contribution >= 4 is 11.0 Å². The molecule has 2 aromatic rings. The molecule has 2 aromatic heterocycles. The van der Waals surface area contributed by atoms with E-state index >= 15 is 0 Å². The van der Waals surface area contributed by atoms with Crippen LogP contribution in [-0.2, 0) is 12.6 Å². The Bertz CT molecular complexity index is 631. The first-order chi connectivity index (χ1) is 9.09. The van der Waals surface area contributed by atoms with Crippen LogP contribution in [0.25, 0.3) is 11.0 Å². The van der Waals surface area contributed by atoms with E-state index in [0.29, 0.717) is 11.9 Å². The zero-order valence-electron chi connectivity index (χ0n) is 11.4. The van der Waals surface area contributed by atoms with Gasteiger partial charge < -0.3 is 19.8 Å². The lowest BCUT2D eigenvalue weighted by atomic mass is 9.73. The molecule has 1 saturated carbocycles. The van der Waals surface area contributed by atoms with Gasteiger partial charge in [-0.1, -0.05) is 0 Å². The summed E-state index contributed by atoms with van der Waals surface area (Å²) in [6.07, 6.45) is 5.16. The minimum absolute atomic E-state index is 0.273. The molecular weight excluding hydrogens is 244 g/mol. The lowest BCUT2D eigenvalue weighted by Gasteiger charge is -2.38. The van der Waals surface area contributed by atoms with Crippen molar-refractivity contribution in [1.82, 2.24) is 14.5 Å². The van der Waals surface area contributed by atoms with Gasteiger partial charge in [0, 0.05) is 24.3 Å². The Labute approximate surface area is 111 Å². The lowest BCUT2D eigenvalue weighted by Crippen LogP contribution is -2.43. The third-order valence-corrected chi connectivity index (χ3v) is 3.92. The molecule has 0 saturated heterocycles. The maximum Gasteiger partial charge on any atom is 0.321 e. The average molecular weight is 262 g/mol. The number of ether oxygens (including phenoxy) is 2. The minimum Gasteiger partial charge on any atom is -0.480 e. The highest BCUT2D eigenvalue weighted by Gasteiger charge is 2.38. The molecule has 2 heterocycles. The second kappa shape index (κ2) is 4.09. The molecule has 6 nitrogen and oxygen atoms in total. The van der Waals surface area contributed by atoms with E-state index in [2.05, 4.69) is 9.97 Å². The van der Waals surface area contributed by atoms with Gasteiger partial charge in [-0.15, -0.1) is 0 Å². The smallest absolute Gasteiger partial charge is 0.321 e. The van der Waals surface area contributed by atoms with E-state index in [1.165, 1.54) is 0 Å². The Morgan fingerprint density at radius 1 is 1.26 bits per heavy atom. The van der Waals surface area contributed by atoms with Crippen molar-refractivity contribution < 1.29 is 9.47 Å². The third-order valence-electron chi connectivity index (χ3n) is 3.92. The van der Waals surface area contributed by atoms with Crippen molar-refractivity contribution in [3.8, 4) is 11.9 Å². The first-order valence-corrected chi connectivity index (χ1v) is 6.33. The van der Waals surface area contributed by atoms with Crippen molar-refractivity contribution in [3.63, 3.8) is 0 Å². The summed E-state index contributed by atoms with van der Waals surface area (Å²) in [6.45, 7) is 0. The highest BCUT2D eigenvalue weighted by Crippen LogP contribution is 2.44. The summed E-state index contributed by atoms with van der Waals surface area (Å²) >= 11 is 0. The van der Waals surface area contributed by atoms with Crippen LogP contribution in [0.15, 0.2) is 6.20 Å². The fourth-order valence-electron chi connectivity index (χ4n) is 2.66. The van der Waals surface area contributed by atoms with Crippen LogP contribution in [0, 0.1) is 0 Å². The largest absolute Gasteiger partial charge is 0.480 e. The maximum absolute atomic E-state index is 6.44. The molecule has 1 aliphatic rings. The second-order valence-corrected chi connectivity index (χ2v) is 5.08. The molecule has 1 fully saturated rings. The van der Waals surface area contributed by atoms with E-state index in [9.17, 15) is 0 Å². The first kappa shape index (κ1) is 12.2. The van der Waals surface area contributed by atoms with Crippen LogP contribution in [0.1, 0.15) is 24.8 Å². The van der Waals surface area contributed by atoms with Gasteiger partial charge in [-0.25, -0.2) is 0 Å². The van der Waals surface area contributed by atoms with Crippen molar-refractivity contribution in [2.75, 3.05) is 14.2 Å². The summed E-state index contributed by atoms with van der Waals surface area (Å²) < 4.78 is 12.4. The van der Waals surface area contributed by atoms with Gasteiger partial charge in [-0.05, 0) is 19.3 Å². The number of rotatable bonds is 3. The predicted molar refractivity (Wildman–Crippen MR) is 71.3 cm³/mol. The summed E-state index contributed by atoms with van der Waals surface area (Å²) in [5, 5.41) is 0.896. The zero-order chi connectivity index (χ0) is 13.6. The standard InChI is InChI=1S/C13H18N4O2/c1-17-7-8(13(14)5-4-6-13)9-10(17)15-12(19-3)16-11(9)18-2/h7H,4-6,14H2,1-3H3. The molecule has 0 amide bonds. The van der Waals surface area contributed by atoms with Crippen LogP contribution >= 0.6 is 0 Å². The number of methoxy groups -OCH3 is 2. The fourth-order valence-corrected chi connectivity index (χ4v) is 2.66. The normalized spacial score (nSPS) is 17.3. The van der Waals surface area contributed by atoms with Gasteiger partial charge in [-0.2, -0.15) is 9.97 Å². The Kier molecular flexibility index (Phi) is 2.63. The number of aryl methyl sites for hydroxylation is 1. The van der Waals surface area contributed by atoms with Gasteiger partial charge >= 0.3 is 6.01 Å². The van der Waals surface area contributed by atoms with Gasteiger partial charge in [-0.3, -0.25) is 0 Å². The van der Waals surface area contributed by atoms with Crippen molar-refractivity contribution in [2.24, 2.45) is 12.8 Å². The minimum atomic E-state index is -0.273.